The Hall–Kier alpha value is -7.60. The summed E-state index contributed by atoms with van der Waals surface area (Å²) in [4.78, 5) is 58.6. The quantitative estimate of drug-likeness (QED) is 0.0345. The molecule has 9 atom stereocenters. The Morgan fingerprint density at radius 1 is 0.628 bits per heavy atom. The summed E-state index contributed by atoms with van der Waals surface area (Å²) >= 11 is 0. The van der Waals surface area contributed by atoms with Gasteiger partial charge in [-0.1, -0.05) is 112 Å². The largest absolute Gasteiger partial charge is 0.497 e. The van der Waals surface area contributed by atoms with Crippen LogP contribution in [-0.4, -0.2) is 134 Å². The molecule has 86 heavy (non-hydrogen) atoms. The standard InChI is InChI=1S/C63H71N8O13PSi/c1-62(2,3)86(9,10)84-52-48(82-60(54(52)78-7)71-39-66-50-55(64-38-65-56(50)71)69-58(73)41-22-16-12-17-23-41)37-80-85(8)83-51-47(81-59(53(51)77-6)70-35-34-49(68-61(70)74)67-57(72)40-20-14-11-15-21-40)36-79-63(42-24-18-13-19-25-42,43-26-30-45(75-4)31-27-43)44-28-32-46(76-5)33-29-44/h11-35,38-39,47-48,51-54,59-60H,36-37H2,1-10H3,(H,64,65,69,73)(H,67,68,72,74)/t47-,48-,51-,52-,53-,54-,59-,60-,85?/m1/s1. The monoisotopic (exact) mass is 1210 g/mol. The van der Waals surface area contributed by atoms with Gasteiger partial charge in [0.1, 0.15) is 65.9 Å². The summed E-state index contributed by atoms with van der Waals surface area (Å²) in [6.45, 7) is 12.5. The van der Waals surface area contributed by atoms with E-state index in [9.17, 15) is 14.4 Å². The number of carbonyl (C=O) groups is 2. The molecule has 0 bridgehead atoms. The number of carbonyl (C=O) groups excluding carboxylic acids is 2. The molecule has 0 saturated carbocycles. The second-order valence-corrected chi connectivity index (χ2v) is 28.3. The van der Waals surface area contributed by atoms with Crippen LogP contribution in [0, 0.1) is 0 Å². The second kappa shape index (κ2) is 26.6. The number of hydrogen-bond donors (Lipinski definition) is 2. The van der Waals surface area contributed by atoms with Crippen LogP contribution in [0.5, 0.6) is 11.5 Å². The van der Waals surface area contributed by atoms with E-state index < -0.39 is 83.0 Å². The van der Waals surface area contributed by atoms with Crippen molar-refractivity contribution in [3.8, 4) is 11.5 Å². The fraction of sp³-hybridized carbons (Fsp3) is 0.349. The number of fused-ring (bicyclic) bond motifs is 1. The molecule has 2 amide bonds. The minimum atomic E-state index is -2.54. The van der Waals surface area contributed by atoms with Gasteiger partial charge < -0.3 is 57.3 Å². The molecule has 2 fully saturated rings. The van der Waals surface area contributed by atoms with E-state index in [1.165, 1.54) is 30.3 Å². The normalized spacial score (nSPS) is 21.0. The number of aromatic nitrogens is 6. The van der Waals surface area contributed by atoms with E-state index in [0.29, 0.717) is 33.8 Å². The topological polar surface area (TPSA) is 229 Å². The van der Waals surface area contributed by atoms with Gasteiger partial charge in [-0.3, -0.25) is 18.7 Å². The van der Waals surface area contributed by atoms with Gasteiger partial charge in [-0.25, -0.2) is 19.7 Å². The number of ether oxygens (including phenoxy) is 7. The summed E-state index contributed by atoms with van der Waals surface area (Å²) in [7, 11) is 1.98. The first-order valence-corrected chi connectivity index (χ1v) is 32.6. The van der Waals surface area contributed by atoms with Crippen molar-refractivity contribution >= 4 is 51.3 Å². The number of rotatable bonds is 23. The van der Waals surface area contributed by atoms with Crippen LogP contribution in [-0.2, 0) is 42.8 Å². The fourth-order valence-electron chi connectivity index (χ4n) is 10.4. The van der Waals surface area contributed by atoms with Gasteiger partial charge in [0.25, 0.3) is 11.8 Å². The van der Waals surface area contributed by atoms with Gasteiger partial charge in [0, 0.05) is 38.2 Å². The highest BCUT2D eigenvalue weighted by molar-refractivity contribution is 7.46. The van der Waals surface area contributed by atoms with Crippen molar-refractivity contribution in [1.29, 1.82) is 0 Å². The Morgan fingerprint density at radius 3 is 1.70 bits per heavy atom. The third kappa shape index (κ3) is 12.9. The molecule has 21 nitrogen and oxygen atoms in total. The first-order chi connectivity index (χ1) is 41.5. The summed E-state index contributed by atoms with van der Waals surface area (Å²) in [6.07, 6.45) is -2.37. The molecule has 0 spiro atoms. The maximum absolute atomic E-state index is 14.2. The van der Waals surface area contributed by atoms with E-state index in [0.717, 1.165) is 16.7 Å². The molecule has 5 aromatic carbocycles. The number of imidazole rings is 1. The summed E-state index contributed by atoms with van der Waals surface area (Å²) < 4.78 is 69.2. The van der Waals surface area contributed by atoms with Crippen LogP contribution in [0.1, 0.15) is 70.6 Å². The molecule has 2 N–H and O–H groups in total. The highest BCUT2D eigenvalue weighted by Crippen LogP contribution is 2.48. The fourth-order valence-corrected chi connectivity index (χ4v) is 12.8. The molecular weight excluding hydrogens is 1140 g/mol. The van der Waals surface area contributed by atoms with Crippen LogP contribution < -0.4 is 25.8 Å². The van der Waals surface area contributed by atoms with Crippen LogP contribution in [0.4, 0.5) is 11.6 Å². The minimum Gasteiger partial charge on any atom is -0.497 e. The number of methoxy groups -OCH3 is 4. The Bertz CT molecular complexity index is 3590. The summed E-state index contributed by atoms with van der Waals surface area (Å²) in [6, 6.07) is 44.2. The molecule has 2 saturated heterocycles. The van der Waals surface area contributed by atoms with Gasteiger partial charge in [0.15, 0.2) is 46.1 Å². The lowest BCUT2D eigenvalue weighted by molar-refractivity contribution is -0.0955. The zero-order valence-corrected chi connectivity index (χ0v) is 51.5. The van der Waals surface area contributed by atoms with Crippen molar-refractivity contribution in [3.63, 3.8) is 0 Å². The highest BCUT2D eigenvalue weighted by Gasteiger charge is 2.53. The summed E-state index contributed by atoms with van der Waals surface area (Å²) in [5.41, 5.74) is 1.99. The van der Waals surface area contributed by atoms with Crippen molar-refractivity contribution < 1.29 is 56.2 Å². The first kappa shape index (κ1) is 61.5. The molecule has 23 heteroatoms. The Kier molecular flexibility index (Phi) is 19.0. The van der Waals surface area contributed by atoms with Crippen LogP contribution in [0.25, 0.3) is 11.2 Å². The van der Waals surface area contributed by atoms with E-state index >= 15 is 0 Å². The number of amides is 2. The molecular formula is C63H71N8O13PSi. The van der Waals surface area contributed by atoms with Gasteiger partial charge in [-0.2, -0.15) is 4.98 Å². The maximum Gasteiger partial charge on any atom is 0.351 e. The predicted molar refractivity (Wildman–Crippen MR) is 326 cm³/mol. The maximum atomic E-state index is 14.2. The van der Waals surface area contributed by atoms with E-state index in [1.807, 2.05) is 91.6 Å². The lowest BCUT2D eigenvalue weighted by atomic mass is 9.80. The van der Waals surface area contributed by atoms with Crippen molar-refractivity contribution in [2.75, 3.05) is 59.0 Å². The number of anilines is 2. The van der Waals surface area contributed by atoms with Gasteiger partial charge >= 0.3 is 5.69 Å². The smallest absolute Gasteiger partial charge is 0.351 e. The van der Waals surface area contributed by atoms with Crippen molar-refractivity contribution in [2.24, 2.45) is 0 Å². The number of nitrogens with one attached hydrogen (secondary N) is 2. The van der Waals surface area contributed by atoms with Gasteiger partial charge in [-0.15, -0.1) is 0 Å². The molecule has 5 heterocycles. The average molecular weight is 1210 g/mol. The summed E-state index contributed by atoms with van der Waals surface area (Å²) in [5.74, 6) is 0.804. The van der Waals surface area contributed by atoms with Crippen LogP contribution >= 0.6 is 8.38 Å². The molecule has 2 aliphatic heterocycles. The lowest BCUT2D eigenvalue weighted by Gasteiger charge is -2.40. The van der Waals surface area contributed by atoms with E-state index in [4.69, 9.17) is 46.6 Å². The van der Waals surface area contributed by atoms with Crippen LogP contribution in [0.2, 0.25) is 18.1 Å². The molecule has 450 valence electrons. The van der Waals surface area contributed by atoms with Crippen LogP contribution in [0.3, 0.4) is 0 Å². The predicted octanol–water partition coefficient (Wildman–Crippen LogP) is 10.2. The zero-order chi connectivity index (χ0) is 60.8. The van der Waals surface area contributed by atoms with Gasteiger partial charge in [0.2, 0.25) is 0 Å². The number of benzene rings is 5. The molecule has 1 unspecified atom stereocenters. The van der Waals surface area contributed by atoms with Crippen LogP contribution in [0.15, 0.2) is 169 Å². The SMILES string of the molecule is COc1ccc(C(OC[C@H]2O[C@@H](n3ccc(NC(=O)c4ccccc4)nc3=O)[C@H](OC)[C@@H]2OP(C)OC[C@H]2O[C@@H](n3cnc4c(NC(=O)c5ccccc5)ncnc43)[C@H](OC)[C@@H]2O[Si](C)(C)C(C)(C)C)(c2ccccc2)c2ccc(OC)cc2)cc1. The third-order valence-electron chi connectivity index (χ3n) is 16.0. The minimum absolute atomic E-state index is 0.0146. The number of nitrogens with zero attached hydrogens (tertiary/aromatic N) is 6. The Morgan fingerprint density at radius 2 is 1.15 bits per heavy atom. The van der Waals surface area contributed by atoms with Crippen molar-refractivity contribution in [2.45, 2.75) is 93.6 Å². The Balaban J connectivity index is 0.969. The van der Waals surface area contributed by atoms with Gasteiger partial charge in [-0.05, 0) is 89.4 Å². The highest BCUT2D eigenvalue weighted by atomic mass is 31.2. The second-order valence-electron chi connectivity index (χ2n) is 22.2. The molecule has 10 rings (SSSR count). The zero-order valence-electron chi connectivity index (χ0n) is 49.6. The molecule has 8 aromatic rings. The average Bonchev–Trinajstić information content (AvgIpc) is 1.96. The van der Waals surface area contributed by atoms with E-state index in [-0.39, 0.29) is 35.8 Å². The first-order valence-electron chi connectivity index (χ1n) is 28.0. The van der Waals surface area contributed by atoms with E-state index in [2.05, 4.69) is 64.4 Å². The lowest BCUT2D eigenvalue weighted by Crippen LogP contribution is -2.50. The summed E-state index contributed by atoms with van der Waals surface area (Å²) in [5, 5.41) is 5.41. The molecule has 0 aliphatic carbocycles. The van der Waals surface area contributed by atoms with Crippen molar-refractivity contribution in [1.82, 2.24) is 29.1 Å². The van der Waals surface area contributed by atoms with Gasteiger partial charge in [0.05, 0.1) is 33.8 Å². The molecule has 0 radical (unpaired) electrons. The van der Waals surface area contributed by atoms with E-state index in [1.54, 1.807) is 86.8 Å². The Labute approximate surface area is 501 Å². The number of hydrogen-bond acceptors (Lipinski definition) is 17. The molecule has 3 aromatic heterocycles. The molecule has 2 aliphatic rings. The third-order valence-corrected chi connectivity index (χ3v) is 21.5. The van der Waals surface area contributed by atoms with Crippen molar-refractivity contribution in [3.05, 3.63) is 203 Å².